The van der Waals surface area contributed by atoms with Gasteiger partial charge in [-0.1, -0.05) is 12.1 Å². The molecule has 0 atom stereocenters. The number of para-hydroxylation sites is 1. The lowest BCUT2D eigenvalue weighted by atomic mass is 9.78. The number of benzene rings is 2. The predicted octanol–water partition coefficient (Wildman–Crippen LogP) is 3.50. The zero-order valence-electron chi connectivity index (χ0n) is 14.3. The molecule has 4 nitrogen and oxygen atoms in total. The second-order valence-corrected chi connectivity index (χ2v) is 6.92. The third-order valence-corrected chi connectivity index (χ3v) is 4.60. The molecule has 2 aromatic rings. The summed E-state index contributed by atoms with van der Waals surface area (Å²) in [4.78, 5) is 0. The summed E-state index contributed by atoms with van der Waals surface area (Å²) in [6.45, 7) is 7.88. The number of nitrogens with two attached hydrogens (primary N) is 1. The van der Waals surface area contributed by atoms with E-state index in [2.05, 4.69) is 0 Å². The molecule has 1 fully saturated rings. The van der Waals surface area contributed by atoms with E-state index >= 15 is 0 Å². The maximum Gasteiger partial charge on any atom is 0.498 e. The number of hydrogen-bond acceptors (Lipinski definition) is 4. The number of nitrogen functional groups attached to an aromatic ring is 1. The number of hydrogen-bond donors (Lipinski definition) is 1. The van der Waals surface area contributed by atoms with E-state index in [9.17, 15) is 4.39 Å². The molecule has 0 bridgehead atoms. The fourth-order valence-electron chi connectivity index (χ4n) is 2.46. The van der Waals surface area contributed by atoms with Crippen molar-refractivity contribution in [2.45, 2.75) is 38.9 Å². The summed E-state index contributed by atoms with van der Waals surface area (Å²) in [5.41, 5.74) is 6.13. The Hall–Kier alpha value is -2.05. The molecule has 24 heavy (non-hydrogen) atoms. The van der Waals surface area contributed by atoms with Crippen molar-refractivity contribution in [1.29, 1.82) is 0 Å². The number of halogens is 1. The lowest BCUT2D eigenvalue weighted by Crippen LogP contribution is -2.41. The van der Waals surface area contributed by atoms with Crippen molar-refractivity contribution in [2.75, 3.05) is 5.73 Å². The summed E-state index contributed by atoms with van der Waals surface area (Å²) in [6.07, 6.45) is 0. The molecule has 0 radical (unpaired) electrons. The molecule has 3 rings (SSSR count). The number of ether oxygens (including phenoxy) is 1. The van der Waals surface area contributed by atoms with Crippen molar-refractivity contribution >= 4 is 18.3 Å². The summed E-state index contributed by atoms with van der Waals surface area (Å²) in [6, 6.07) is 11.4. The molecule has 1 saturated heterocycles. The molecule has 0 aromatic heterocycles. The second-order valence-electron chi connectivity index (χ2n) is 6.92. The molecule has 6 heteroatoms. The van der Waals surface area contributed by atoms with E-state index in [1.807, 2.05) is 27.7 Å². The maximum absolute atomic E-state index is 13.9. The van der Waals surface area contributed by atoms with Gasteiger partial charge in [-0.15, -0.1) is 0 Å². The van der Waals surface area contributed by atoms with Gasteiger partial charge in [0.1, 0.15) is 5.75 Å². The molecule has 0 saturated carbocycles. The Morgan fingerprint density at radius 1 is 0.958 bits per heavy atom. The molecule has 1 heterocycles. The van der Waals surface area contributed by atoms with E-state index in [1.54, 1.807) is 36.4 Å². The van der Waals surface area contributed by atoms with E-state index < -0.39 is 24.1 Å². The SMILES string of the molecule is CC1(C)OB(c2cc(N)ccc2Oc2ccccc2F)OC1(C)C. The molecule has 1 aliphatic heterocycles. The second kappa shape index (κ2) is 5.79. The van der Waals surface area contributed by atoms with Gasteiger partial charge in [0.15, 0.2) is 11.6 Å². The van der Waals surface area contributed by atoms with Crippen LogP contribution in [0.1, 0.15) is 27.7 Å². The first-order valence-corrected chi connectivity index (χ1v) is 7.87. The van der Waals surface area contributed by atoms with Gasteiger partial charge >= 0.3 is 7.12 Å². The van der Waals surface area contributed by atoms with Crippen LogP contribution in [0.5, 0.6) is 11.5 Å². The molecule has 0 spiro atoms. The topological polar surface area (TPSA) is 53.7 Å². The highest BCUT2D eigenvalue weighted by Crippen LogP contribution is 2.37. The fourth-order valence-corrected chi connectivity index (χ4v) is 2.46. The molecule has 0 unspecified atom stereocenters. The van der Waals surface area contributed by atoms with Gasteiger partial charge in [0, 0.05) is 11.2 Å². The Morgan fingerprint density at radius 2 is 1.58 bits per heavy atom. The Morgan fingerprint density at radius 3 is 2.21 bits per heavy atom. The van der Waals surface area contributed by atoms with Crippen molar-refractivity contribution in [3.05, 3.63) is 48.3 Å². The first-order chi connectivity index (χ1) is 11.2. The van der Waals surface area contributed by atoms with Crippen LogP contribution in [0, 0.1) is 5.82 Å². The summed E-state index contributed by atoms with van der Waals surface area (Å²) in [7, 11) is -0.639. The Bertz CT molecular complexity index is 748. The van der Waals surface area contributed by atoms with E-state index in [4.69, 9.17) is 19.8 Å². The molecule has 126 valence electrons. The van der Waals surface area contributed by atoms with Crippen LogP contribution >= 0.6 is 0 Å². The molecule has 2 N–H and O–H groups in total. The average Bonchev–Trinajstić information content (AvgIpc) is 2.71. The van der Waals surface area contributed by atoms with Gasteiger partial charge in [0.2, 0.25) is 0 Å². The zero-order chi connectivity index (χ0) is 17.5. The van der Waals surface area contributed by atoms with E-state index in [1.165, 1.54) is 6.07 Å². The lowest BCUT2D eigenvalue weighted by Gasteiger charge is -2.32. The molecule has 2 aromatic carbocycles. The van der Waals surface area contributed by atoms with Crippen molar-refractivity contribution in [3.63, 3.8) is 0 Å². The highest BCUT2D eigenvalue weighted by molar-refractivity contribution is 6.63. The minimum Gasteiger partial charge on any atom is -0.455 e. The van der Waals surface area contributed by atoms with Crippen molar-refractivity contribution in [3.8, 4) is 11.5 Å². The molecule has 1 aliphatic rings. The molecule has 0 aliphatic carbocycles. The minimum absolute atomic E-state index is 0.139. The van der Waals surface area contributed by atoms with Crippen molar-refractivity contribution in [2.24, 2.45) is 0 Å². The van der Waals surface area contributed by atoms with Crippen LogP contribution in [0.3, 0.4) is 0 Å². The van der Waals surface area contributed by atoms with E-state index in [0.717, 1.165) is 0 Å². The van der Waals surface area contributed by atoms with Crippen molar-refractivity contribution in [1.82, 2.24) is 0 Å². The third kappa shape index (κ3) is 2.99. The molecular formula is C18H21BFNO3. The van der Waals surface area contributed by atoms with Gasteiger partial charge in [0.25, 0.3) is 0 Å². The van der Waals surface area contributed by atoms with Gasteiger partial charge in [0.05, 0.1) is 11.2 Å². The summed E-state index contributed by atoms with van der Waals surface area (Å²) in [5.74, 6) is 0.155. The largest absolute Gasteiger partial charge is 0.498 e. The standard InChI is InChI=1S/C18H21BFNO3/c1-17(2)18(3,4)24-19(23-17)13-11-12(21)9-10-15(13)22-16-8-6-5-7-14(16)20/h5-11H,21H2,1-4H3. The highest BCUT2D eigenvalue weighted by atomic mass is 19.1. The predicted molar refractivity (Wildman–Crippen MR) is 93.0 cm³/mol. The van der Waals surface area contributed by atoms with E-state index in [0.29, 0.717) is 16.9 Å². The Labute approximate surface area is 141 Å². The Balaban J connectivity index is 1.97. The maximum atomic E-state index is 13.9. The normalized spacial score (nSPS) is 18.6. The summed E-state index contributed by atoms with van der Waals surface area (Å²) >= 11 is 0. The minimum atomic E-state index is -0.639. The quantitative estimate of drug-likeness (QED) is 0.692. The average molecular weight is 329 g/mol. The zero-order valence-corrected chi connectivity index (χ0v) is 14.3. The van der Waals surface area contributed by atoms with Crippen LogP contribution < -0.4 is 15.9 Å². The summed E-state index contributed by atoms with van der Waals surface area (Å²) in [5, 5.41) is 0. The van der Waals surface area contributed by atoms with Crippen molar-refractivity contribution < 1.29 is 18.4 Å². The summed E-state index contributed by atoms with van der Waals surface area (Å²) < 4.78 is 31.8. The van der Waals surface area contributed by atoms with Crippen LogP contribution in [-0.2, 0) is 9.31 Å². The lowest BCUT2D eigenvalue weighted by molar-refractivity contribution is 0.00578. The number of anilines is 1. The van der Waals surface area contributed by atoms with Gasteiger partial charge < -0.3 is 19.8 Å². The van der Waals surface area contributed by atoms with Crippen LogP contribution in [-0.4, -0.2) is 18.3 Å². The fraction of sp³-hybridized carbons (Fsp3) is 0.333. The van der Waals surface area contributed by atoms with Gasteiger partial charge in [-0.25, -0.2) is 4.39 Å². The van der Waals surface area contributed by atoms with Crippen LogP contribution in [0.4, 0.5) is 10.1 Å². The Kier molecular flexibility index (Phi) is 4.05. The van der Waals surface area contributed by atoms with E-state index in [-0.39, 0.29) is 5.75 Å². The van der Waals surface area contributed by atoms with Gasteiger partial charge in [-0.05, 0) is 58.0 Å². The first-order valence-electron chi connectivity index (χ1n) is 7.87. The number of rotatable bonds is 3. The van der Waals surface area contributed by atoms with Gasteiger partial charge in [-0.2, -0.15) is 0 Å². The van der Waals surface area contributed by atoms with Crippen LogP contribution in [0.25, 0.3) is 0 Å². The molecular weight excluding hydrogens is 308 g/mol. The smallest absolute Gasteiger partial charge is 0.455 e. The van der Waals surface area contributed by atoms with Crippen LogP contribution in [0.2, 0.25) is 0 Å². The van der Waals surface area contributed by atoms with Crippen LogP contribution in [0.15, 0.2) is 42.5 Å². The van der Waals surface area contributed by atoms with Gasteiger partial charge in [-0.3, -0.25) is 0 Å². The first kappa shape index (κ1) is 16.8. The molecule has 0 amide bonds. The highest BCUT2D eigenvalue weighted by Gasteiger charge is 2.52. The third-order valence-electron chi connectivity index (χ3n) is 4.60. The monoisotopic (exact) mass is 329 g/mol.